The van der Waals surface area contributed by atoms with Crippen LogP contribution in [0.4, 0.5) is 0 Å². The number of aromatic amines is 1. The van der Waals surface area contributed by atoms with Crippen LogP contribution in [0.1, 0.15) is 68.9 Å². The molecule has 0 bridgehead atoms. The molecule has 3 atom stereocenters. The van der Waals surface area contributed by atoms with Gasteiger partial charge in [0.25, 0.3) is 5.82 Å². The van der Waals surface area contributed by atoms with Gasteiger partial charge in [0.15, 0.2) is 0 Å². The van der Waals surface area contributed by atoms with Gasteiger partial charge in [-0.15, -0.1) is 5.10 Å². The maximum atomic E-state index is 11.5. The van der Waals surface area contributed by atoms with Crippen LogP contribution in [0, 0.1) is 5.92 Å². The molecule has 1 aromatic rings. The molecule has 0 amide bonds. The Morgan fingerprint density at radius 3 is 3.05 bits per heavy atom. The van der Waals surface area contributed by atoms with E-state index in [0.29, 0.717) is 18.5 Å². The lowest BCUT2D eigenvalue weighted by Gasteiger charge is -2.29. The second-order valence-electron chi connectivity index (χ2n) is 5.62. The van der Waals surface area contributed by atoms with Crippen LogP contribution in [-0.4, -0.2) is 33.8 Å². The first-order valence-electron chi connectivity index (χ1n) is 7.45. The van der Waals surface area contributed by atoms with E-state index in [-0.39, 0.29) is 11.9 Å². The van der Waals surface area contributed by atoms with E-state index in [1.807, 2.05) is 6.92 Å². The number of aromatic nitrogens is 3. The van der Waals surface area contributed by atoms with Crippen molar-refractivity contribution >= 4 is 5.97 Å². The monoisotopic (exact) mass is 280 g/mol. The predicted molar refractivity (Wildman–Crippen MR) is 75.3 cm³/mol. The zero-order valence-electron chi connectivity index (χ0n) is 12.5. The third-order valence-corrected chi connectivity index (χ3v) is 3.79. The van der Waals surface area contributed by atoms with Crippen molar-refractivity contribution in [2.45, 2.75) is 58.5 Å². The minimum atomic E-state index is -0.478. The van der Waals surface area contributed by atoms with E-state index in [1.165, 1.54) is 25.7 Å². The van der Waals surface area contributed by atoms with Crippen molar-refractivity contribution in [3.8, 4) is 0 Å². The largest absolute Gasteiger partial charge is 0.460 e. The molecule has 2 N–H and O–H groups in total. The van der Waals surface area contributed by atoms with Crippen LogP contribution >= 0.6 is 0 Å². The quantitative estimate of drug-likeness (QED) is 0.808. The number of hydrogen-bond acceptors (Lipinski definition) is 5. The Morgan fingerprint density at radius 1 is 1.55 bits per heavy atom. The Hall–Kier alpha value is -1.43. The summed E-state index contributed by atoms with van der Waals surface area (Å²) in [7, 11) is 0. The number of carbonyl (C=O) groups is 1. The Balaban J connectivity index is 1.92. The fourth-order valence-electron chi connectivity index (χ4n) is 2.77. The molecule has 2 rings (SSSR count). The van der Waals surface area contributed by atoms with Crippen LogP contribution in [0.15, 0.2) is 0 Å². The standard InChI is InChI=1S/C14H24N4O2/c1-4-20-14(19)13-16-12(17-18-13)10(3)15-11-7-5-6-9(2)8-11/h9-11,15H,4-8H2,1-3H3,(H,16,17,18). The highest BCUT2D eigenvalue weighted by atomic mass is 16.5. The van der Waals surface area contributed by atoms with E-state index in [2.05, 4.69) is 27.4 Å². The van der Waals surface area contributed by atoms with Gasteiger partial charge < -0.3 is 10.1 Å². The first-order valence-corrected chi connectivity index (χ1v) is 7.45. The molecule has 20 heavy (non-hydrogen) atoms. The second kappa shape index (κ2) is 6.83. The maximum absolute atomic E-state index is 11.5. The Kier molecular flexibility index (Phi) is 5.11. The molecule has 3 unspecified atom stereocenters. The Bertz CT molecular complexity index is 446. The molecule has 1 aliphatic rings. The average molecular weight is 280 g/mol. The number of ether oxygens (including phenoxy) is 1. The van der Waals surface area contributed by atoms with Crippen LogP contribution in [0.2, 0.25) is 0 Å². The highest BCUT2D eigenvalue weighted by Gasteiger charge is 2.23. The van der Waals surface area contributed by atoms with E-state index in [9.17, 15) is 4.79 Å². The number of nitrogens with one attached hydrogen (secondary N) is 2. The smallest absolute Gasteiger partial charge is 0.378 e. The van der Waals surface area contributed by atoms with Gasteiger partial charge in [0.05, 0.1) is 12.6 Å². The molecule has 1 saturated carbocycles. The van der Waals surface area contributed by atoms with Crippen LogP contribution in [0.3, 0.4) is 0 Å². The summed E-state index contributed by atoms with van der Waals surface area (Å²) in [5.74, 6) is 1.09. The molecule has 0 aromatic carbocycles. The van der Waals surface area contributed by atoms with E-state index >= 15 is 0 Å². The van der Waals surface area contributed by atoms with Crippen LogP contribution in [0.25, 0.3) is 0 Å². The molecule has 1 aliphatic carbocycles. The molecule has 0 spiro atoms. The lowest BCUT2D eigenvalue weighted by atomic mass is 9.87. The lowest BCUT2D eigenvalue weighted by Crippen LogP contribution is -2.35. The van der Waals surface area contributed by atoms with Gasteiger partial charge in [-0.2, -0.15) is 0 Å². The highest BCUT2D eigenvalue weighted by Crippen LogP contribution is 2.25. The average Bonchev–Trinajstić information content (AvgIpc) is 2.88. The molecular formula is C14H24N4O2. The fraction of sp³-hybridized carbons (Fsp3) is 0.786. The zero-order chi connectivity index (χ0) is 14.5. The number of hydrogen-bond donors (Lipinski definition) is 2. The summed E-state index contributed by atoms with van der Waals surface area (Å²) in [4.78, 5) is 15.7. The van der Waals surface area contributed by atoms with Crippen molar-refractivity contribution in [1.29, 1.82) is 0 Å². The molecule has 0 saturated heterocycles. The number of carbonyl (C=O) groups excluding carboxylic acids is 1. The molecule has 0 aliphatic heterocycles. The number of rotatable bonds is 5. The highest BCUT2D eigenvalue weighted by molar-refractivity contribution is 5.84. The topological polar surface area (TPSA) is 79.9 Å². The van der Waals surface area contributed by atoms with Crippen molar-refractivity contribution in [2.75, 3.05) is 6.61 Å². The Morgan fingerprint density at radius 2 is 2.35 bits per heavy atom. The molecule has 6 heteroatoms. The first kappa shape index (κ1) is 15.0. The molecule has 1 aromatic heterocycles. The maximum Gasteiger partial charge on any atom is 0.378 e. The molecule has 0 radical (unpaired) electrons. The number of esters is 1. The zero-order valence-corrected chi connectivity index (χ0v) is 12.5. The lowest BCUT2D eigenvalue weighted by molar-refractivity contribution is 0.0512. The number of H-pyrrole nitrogens is 1. The SMILES string of the molecule is CCOC(=O)c1n[nH]c(C(C)NC2CCCC(C)C2)n1. The van der Waals surface area contributed by atoms with Crippen LogP contribution in [-0.2, 0) is 4.74 Å². The van der Waals surface area contributed by atoms with Crippen molar-refractivity contribution < 1.29 is 9.53 Å². The van der Waals surface area contributed by atoms with Gasteiger partial charge in [-0.3, -0.25) is 5.10 Å². The van der Waals surface area contributed by atoms with Gasteiger partial charge in [-0.05, 0) is 32.6 Å². The van der Waals surface area contributed by atoms with E-state index in [1.54, 1.807) is 6.92 Å². The van der Waals surface area contributed by atoms with Crippen molar-refractivity contribution in [2.24, 2.45) is 5.92 Å². The summed E-state index contributed by atoms with van der Waals surface area (Å²) in [5, 5.41) is 10.3. The van der Waals surface area contributed by atoms with E-state index in [0.717, 1.165) is 5.92 Å². The molecule has 6 nitrogen and oxygen atoms in total. The minimum Gasteiger partial charge on any atom is -0.460 e. The second-order valence-corrected chi connectivity index (χ2v) is 5.62. The third kappa shape index (κ3) is 3.79. The van der Waals surface area contributed by atoms with Gasteiger partial charge in [0.1, 0.15) is 5.82 Å². The van der Waals surface area contributed by atoms with Gasteiger partial charge in [0.2, 0.25) is 0 Å². The van der Waals surface area contributed by atoms with Gasteiger partial charge >= 0.3 is 5.97 Å². The Labute approximate surface area is 119 Å². The summed E-state index contributed by atoms with van der Waals surface area (Å²) in [6.07, 6.45) is 4.99. The van der Waals surface area contributed by atoms with Gasteiger partial charge in [-0.1, -0.05) is 19.8 Å². The van der Waals surface area contributed by atoms with Crippen LogP contribution in [0.5, 0.6) is 0 Å². The normalized spacial score (nSPS) is 24.4. The summed E-state index contributed by atoms with van der Waals surface area (Å²) < 4.78 is 4.88. The molecule has 112 valence electrons. The van der Waals surface area contributed by atoms with Crippen molar-refractivity contribution in [3.05, 3.63) is 11.6 Å². The summed E-state index contributed by atoms with van der Waals surface area (Å²) in [6, 6.07) is 0.575. The fourth-order valence-corrected chi connectivity index (χ4v) is 2.77. The number of nitrogens with zero attached hydrogens (tertiary/aromatic N) is 2. The van der Waals surface area contributed by atoms with Crippen molar-refractivity contribution in [1.82, 2.24) is 20.5 Å². The van der Waals surface area contributed by atoms with Crippen molar-refractivity contribution in [3.63, 3.8) is 0 Å². The minimum absolute atomic E-state index is 0.0565. The molecule has 1 fully saturated rings. The van der Waals surface area contributed by atoms with E-state index in [4.69, 9.17) is 4.74 Å². The van der Waals surface area contributed by atoms with Crippen LogP contribution < -0.4 is 5.32 Å². The van der Waals surface area contributed by atoms with E-state index < -0.39 is 5.97 Å². The molecular weight excluding hydrogens is 256 g/mol. The summed E-state index contributed by atoms with van der Waals surface area (Å²) in [6.45, 7) is 6.43. The third-order valence-electron chi connectivity index (χ3n) is 3.79. The molecule has 1 heterocycles. The summed E-state index contributed by atoms with van der Waals surface area (Å²) in [5.41, 5.74) is 0. The summed E-state index contributed by atoms with van der Waals surface area (Å²) >= 11 is 0. The predicted octanol–water partition coefficient (Wildman–Crippen LogP) is 2.21. The first-order chi connectivity index (χ1) is 9.60. The van der Waals surface area contributed by atoms with Gasteiger partial charge in [0, 0.05) is 6.04 Å². The van der Waals surface area contributed by atoms with Gasteiger partial charge in [-0.25, -0.2) is 9.78 Å².